The van der Waals surface area contributed by atoms with E-state index < -0.39 is 0 Å². The van der Waals surface area contributed by atoms with Gasteiger partial charge in [0, 0.05) is 33.9 Å². The summed E-state index contributed by atoms with van der Waals surface area (Å²) in [6.07, 6.45) is 5.35. The lowest BCUT2D eigenvalue weighted by Crippen LogP contribution is -2.30. The zero-order chi connectivity index (χ0) is 21.3. The van der Waals surface area contributed by atoms with Crippen LogP contribution in [0.25, 0.3) is 6.08 Å². The summed E-state index contributed by atoms with van der Waals surface area (Å²) in [5.41, 5.74) is 2.08. The predicted molar refractivity (Wildman–Crippen MR) is 116 cm³/mol. The van der Waals surface area contributed by atoms with Gasteiger partial charge in [-0.2, -0.15) is 0 Å². The molecule has 0 aromatic heterocycles. The van der Waals surface area contributed by atoms with Crippen molar-refractivity contribution in [3.8, 4) is 11.5 Å². The van der Waals surface area contributed by atoms with E-state index in [0.717, 1.165) is 5.56 Å². The van der Waals surface area contributed by atoms with Gasteiger partial charge in [-0.1, -0.05) is 42.5 Å². The molecule has 0 unspecified atom stereocenters. The molecule has 0 fully saturated rings. The normalized spacial score (nSPS) is 14.6. The number of hydrogen-bond acceptors (Lipinski definition) is 6. The fourth-order valence-corrected chi connectivity index (χ4v) is 3.21. The van der Waals surface area contributed by atoms with Crippen LogP contribution in [0.5, 0.6) is 11.5 Å². The second-order valence-corrected chi connectivity index (χ2v) is 6.93. The number of phenolic OH excluding ortho intramolecular Hbond substituents is 1. The van der Waals surface area contributed by atoms with Crippen molar-refractivity contribution < 1.29 is 24.1 Å². The molecular weight excluding hydrogens is 382 g/mol. The van der Waals surface area contributed by atoms with Crippen molar-refractivity contribution in [1.82, 2.24) is 4.90 Å². The number of aromatic hydroxyl groups is 1. The van der Waals surface area contributed by atoms with Gasteiger partial charge >= 0.3 is 0 Å². The number of carbonyl (C=O) groups is 1. The van der Waals surface area contributed by atoms with Crippen molar-refractivity contribution in [2.24, 2.45) is 0 Å². The summed E-state index contributed by atoms with van der Waals surface area (Å²) in [6, 6.07) is 13.0. The maximum absolute atomic E-state index is 12.8. The first-order chi connectivity index (χ1) is 14.6. The Hall–Kier alpha value is -2.93. The van der Waals surface area contributed by atoms with Crippen molar-refractivity contribution in [2.45, 2.75) is 6.54 Å². The van der Waals surface area contributed by atoms with Crippen LogP contribution < -0.4 is 4.74 Å². The maximum atomic E-state index is 12.8. The summed E-state index contributed by atoms with van der Waals surface area (Å²) in [5.74, 6) is 0.565. The third kappa shape index (κ3) is 5.36. The van der Waals surface area contributed by atoms with Crippen LogP contribution in [0.15, 0.2) is 60.4 Å². The number of phenols is 1. The number of Topliss-reactive ketones (excluding diaryl/α,β-unsaturated/α-hetero) is 1. The zero-order valence-corrected chi connectivity index (χ0v) is 17.3. The van der Waals surface area contributed by atoms with Gasteiger partial charge in [0.2, 0.25) is 5.78 Å². The summed E-state index contributed by atoms with van der Waals surface area (Å²) in [4.78, 5) is 14.9. The minimum atomic E-state index is -0.190. The zero-order valence-electron chi connectivity index (χ0n) is 17.3. The van der Waals surface area contributed by atoms with Gasteiger partial charge in [0.15, 0.2) is 5.76 Å². The Kier molecular flexibility index (Phi) is 7.79. The topological polar surface area (TPSA) is 68.2 Å². The molecule has 0 amide bonds. The summed E-state index contributed by atoms with van der Waals surface area (Å²) in [7, 11) is 3.29. The lowest BCUT2D eigenvalue weighted by Gasteiger charge is -2.23. The van der Waals surface area contributed by atoms with Gasteiger partial charge < -0.3 is 19.3 Å². The summed E-state index contributed by atoms with van der Waals surface area (Å²) < 4.78 is 16.3. The molecule has 0 atom stereocenters. The summed E-state index contributed by atoms with van der Waals surface area (Å²) >= 11 is 0. The summed E-state index contributed by atoms with van der Waals surface area (Å²) in [6.45, 7) is 2.85. The van der Waals surface area contributed by atoms with Gasteiger partial charge in [-0.15, -0.1) is 0 Å². The largest absolute Gasteiger partial charge is 0.507 e. The van der Waals surface area contributed by atoms with E-state index in [1.54, 1.807) is 38.5 Å². The smallest absolute Gasteiger partial charge is 0.231 e. The molecule has 0 saturated heterocycles. The van der Waals surface area contributed by atoms with E-state index in [-0.39, 0.29) is 17.3 Å². The number of rotatable bonds is 10. The molecule has 0 aliphatic carbocycles. The highest BCUT2D eigenvalue weighted by molar-refractivity contribution is 6.12. The molecule has 158 valence electrons. The minimum Gasteiger partial charge on any atom is -0.507 e. The van der Waals surface area contributed by atoms with Crippen LogP contribution in [0.2, 0.25) is 0 Å². The lowest BCUT2D eigenvalue weighted by atomic mass is 10.0. The van der Waals surface area contributed by atoms with Gasteiger partial charge in [0.05, 0.1) is 24.3 Å². The number of methoxy groups -OCH3 is 2. The Balaban J connectivity index is 1.81. The molecule has 1 heterocycles. The van der Waals surface area contributed by atoms with Crippen LogP contribution in [0.1, 0.15) is 21.5 Å². The first-order valence-electron chi connectivity index (χ1n) is 9.85. The third-order valence-electron chi connectivity index (χ3n) is 4.86. The Bertz CT molecular complexity index is 913. The molecule has 1 N–H and O–H groups in total. The monoisotopic (exact) mass is 409 g/mol. The quantitative estimate of drug-likeness (QED) is 0.604. The van der Waals surface area contributed by atoms with Crippen LogP contribution in [-0.4, -0.2) is 56.3 Å². The SMILES string of the molecule is COCCN(CCOC)Cc1c(O)ccc2c1OC(=CC=Cc1ccccc1)C2=O. The van der Waals surface area contributed by atoms with E-state index in [9.17, 15) is 9.90 Å². The summed E-state index contributed by atoms with van der Waals surface area (Å²) in [5, 5.41) is 10.5. The first kappa shape index (κ1) is 21.8. The molecule has 0 spiro atoms. The number of hydrogen-bond donors (Lipinski definition) is 1. The molecule has 2 aromatic carbocycles. The van der Waals surface area contributed by atoms with Crippen molar-refractivity contribution in [2.75, 3.05) is 40.5 Å². The number of benzene rings is 2. The highest BCUT2D eigenvalue weighted by atomic mass is 16.5. The van der Waals surface area contributed by atoms with Crippen molar-refractivity contribution in [3.05, 3.63) is 77.1 Å². The predicted octanol–water partition coefficient (Wildman–Crippen LogP) is 3.66. The van der Waals surface area contributed by atoms with Crippen LogP contribution in [0.3, 0.4) is 0 Å². The molecule has 0 saturated carbocycles. The molecule has 0 radical (unpaired) electrons. The molecule has 0 bridgehead atoms. The van der Waals surface area contributed by atoms with E-state index in [0.29, 0.717) is 49.7 Å². The standard InChI is InChI=1S/C24H27NO5/c1-28-15-13-25(14-16-29-2)17-20-21(26)12-11-19-23(27)22(30-24(19)20)10-6-9-18-7-4-3-5-8-18/h3-12,26H,13-17H2,1-2H3. The highest BCUT2D eigenvalue weighted by Crippen LogP contribution is 2.39. The molecule has 6 heteroatoms. The average Bonchev–Trinajstić information content (AvgIpc) is 3.08. The highest BCUT2D eigenvalue weighted by Gasteiger charge is 2.31. The lowest BCUT2D eigenvalue weighted by molar-refractivity contribution is 0.101. The minimum absolute atomic E-state index is 0.0995. The van der Waals surface area contributed by atoms with E-state index >= 15 is 0 Å². The number of ether oxygens (including phenoxy) is 3. The molecule has 1 aliphatic heterocycles. The number of ketones is 1. The van der Waals surface area contributed by atoms with Gasteiger partial charge in [-0.05, 0) is 23.8 Å². The molecule has 2 aromatic rings. The van der Waals surface area contributed by atoms with Crippen LogP contribution in [0, 0.1) is 0 Å². The first-order valence-corrected chi connectivity index (χ1v) is 9.85. The second-order valence-electron chi connectivity index (χ2n) is 6.93. The maximum Gasteiger partial charge on any atom is 0.231 e. The van der Waals surface area contributed by atoms with Gasteiger partial charge in [0.1, 0.15) is 11.5 Å². The van der Waals surface area contributed by atoms with Crippen LogP contribution in [-0.2, 0) is 16.0 Å². The van der Waals surface area contributed by atoms with Gasteiger partial charge in [0.25, 0.3) is 0 Å². The molecule has 30 heavy (non-hydrogen) atoms. The van der Waals surface area contributed by atoms with Gasteiger partial charge in [-0.25, -0.2) is 0 Å². The number of fused-ring (bicyclic) bond motifs is 1. The number of nitrogens with zero attached hydrogens (tertiary/aromatic N) is 1. The fraction of sp³-hybridized carbons (Fsp3) is 0.292. The van der Waals surface area contributed by atoms with Crippen LogP contribution in [0.4, 0.5) is 0 Å². The Morgan fingerprint density at radius 3 is 2.40 bits per heavy atom. The second kappa shape index (κ2) is 10.7. The fourth-order valence-electron chi connectivity index (χ4n) is 3.21. The molecule has 3 rings (SSSR count). The van der Waals surface area contributed by atoms with Crippen molar-refractivity contribution in [1.29, 1.82) is 0 Å². The van der Waals surface area contributed by atoms with E-state index in [4.69, 9.17) is 14.2 Å². The van der Waals surface area contributed by atoms with Gasteiger partial charge in [-0.3, -0.25) is 9.69 Å². The number of carbonyl (C=O) groups excluding carboxylic acids is 1. The van der Waals surface area contributed by atoms with Crippen molar-refractivity contribution >= 4 is 11.9 Å². The molecule has 6 nitrogen and oxygen atoms in total. The number of allylic oxidation sites excluding steroid dienone is 3. The Labute approximate surface area is 177 Å². The van der Waals surface area contributed by atoms with E-state index in [1.165, 1.54) is 0 Å². The molecular formula is C24H27NO5. The van der Waals surface area contributed by atoms with Crippen LogP contribution >= 0.6 is 0 Å². The Morgan fingerprint density at radius 2 is 1.73 bits per heavy atom. The average molecular weight is 409 g/mol. The van der Waals surface area contributed by atoms with E-state index in [2.05, 4.69) is 4.90 Å². The Morgan fingerprint density at radius 1 is 1.03 bits per heavy atom. The molecule has 1 aliphatic rings. The van der Waals surface area contributed by atoms with E-state index in [1.807, 2.05) is 36.4 Å². The van der Waals surface area contributed by atoms with Crippen molar-refractivity contribution in [3.63, 3.8) is 0 Å². The third-order valence-corrected chi connectivity index (χ3v) is 4.86.